The van der Waals surface area contributed by atoms with Gasteiger partial charge < -0.3 is 10.0 Å². The Hall–Kier alpha value is -1.35. The van der Waals surface area contributed by atoms with E-state index in [9.17, 15) is 4.79 Å². The molecule has 1 atom stereocenters. The maximum Gasteiger partial charge on any atom is 0.226 e. The molecule has 1 saturated heterocycles. The van der Waals surface area contributed by atoms with E-state index in [2.05, 4.69) is 32.0 Å². The lowest BCUT2D eigenvalue weighted by Gasteiger charge is -2.32. The second-order valence-corrected chi connectivity index (χ2v) is 5.96. The highest BCUT2D eigenvalue weighted by molar-refractivity contribution is 5.79. The first-order valence-electron chi connectivity index (χ1n) is 7.55. The van der Waals surface area contributed by atoms with Crippen molar-refractivity contribution in [3.63, 3.8) is 0 Å². The Morgan fingerprint density at radius 2 is 2.15 bits per heavy atom. The molecule has 0 aliphatic carbocycles. The number of carbonyl (C=O) groups is 1. The van der Waals surface area contributed by atoms with Crippen molar-refractivity contribution in [3.8, 4) is 0 Å². The molecule has 110 valence electrons. The average molecular weight is 275 g/mol. The molecule has 1 N–H and O–H groups in total. The van der Waals surface area contributed by atoms with Gasteiger partial charge in [-0.2, -0.15) is 0 Å². The van der Waals surface area contributed by atoms with E-state index >= 15 is 0 Å². The number of likely N-dealkylation sites (tertiary alicyclic amines) is 1. The highest BCUT2D eigenvalue weighted by Gasteiger charge is 2.23. The third kappa shape index (κ3) is 3.83. The largest absolute Gasteiger partial charge is 0.396 e. The molecule has 0 saturated carbocycles. The number of benzene rings is 1. The van der Waals surface area contributed by atoms with Gasteiger partial charge in [-0.3, -0.25) is 4.79 Å². The highest BCUT2D eigenvalue weighted by Crippen LogP contribution is 2.20. The number of hydrogen-bond donors (Lipinski definition) is 1. The van der Waals surface area contributed by atoms with E-state index in [1.165, 1.54) is 11.1 Å². The minimum absolute atomic E-state index is 0.218. The van der Waals surface area contributed by atoms with Crippen molar-refractivity contribution >= 4 is 5.91 Å². The number of aliphatic hydroxyl groups excluding tert-OH is 1. The lowest BCUT2D eigenvalue weighted by Crippen LogP contribution is -2.40. The van der Waals surface area contributed by atoms with Crippen molar-refractivity contribution in [2.45, 2.75) is 39.5 Å². The summed E-state index contributed by atoms with van der Waals surface area (Å²) >= 11 is 0. The van der Waals surface area contributed by atoms with E-state index in [0.29, 0.717) is 12.3 Å². The van der Waals surface area contributed by atoms with Gasteiger partial charge in [0.1, 0.15) is 0 Å². The monoisotopic (exact) mass is 275 g/mol. The number of aliphatic hydroxyl groups is 1. The number of rotatable bonds is 4. The van der Waals surface area contributed by atoms with Crippen LogP contribution in [0.1, 0.15) is 36.0 Å². The van der Waals surface area contributed by atoms with Gasteiger partial charge in [-0.15, -0.1) is 0 Å². The molecule has 1 amide bonds. The molecular formula is C17H25NO2. The van der Waals surface area contributed by atoms with Crippen LogP contribution in [0, 0.1) is 19.8 Å². The fourth-order valence-corrected chi connectivity index (χ4v) is 2.91. The van der Waals surface area contributed by atoms with Crippen LogP contribution in [0.15, 0.2) is 18.2 Å². The average Bonchev–Trinajstić information content (AvgIpc) is 2.43. The maximum absolute atomic E-state index is 12.4. The zero-order chi connectivity index (χ0) is 14.5. The molecule has 0 spiro atoms. The van der Waals surface area contributed by atoms with E-state index < -0.39 is 0 Å². The Balaban J connectivity index is 1.95. The van der Waals surface area contributed by atoms with Crippen molar-refractivity contribution in [3.05, 3.63) is 34.9 Å². The molecule has 0 radical (unpaired) electrons. The van der Waals surface area contributed by atoms with Crippen LogP contribution in [-0.4, -0.2) is 35.6 Å². The second kappa shape index (κ2) is 6.89. The molecule has 1 unspecified atom stereocenters. The van der Waals surface area contributed by atoms with Gasteiger partial charge in [0, 0.05) is 19.7 Å². The first kappa shape index (κ1) is 15.0. The topological polar surface area (TPSA) is 40.5 Å². The van der Waals surface area contributed by atoms with E-state index in [1.54, 1.807) is 0 Å². The SMILES string of the molecule is Cc1ccc(CC(=O)N2CCCC(CCO)C2)cc1C. The van der Waals surface area contributed by atoms with Crippen LogP contribution in [0.5, 0.6) is 0 Å². The summed E-state index contributed by atoms with van der Waals surface area (Å²) in [6.45, 7) is 6.08. The summed E-state index contributed by atoms with van der Waals surface area (Å²) in [6, 6.07) is 6.25. The molecular weight excluding hydrogens is 250 g/mol. The quantitative estimate of drug-likeness (QED) is 0.917. The summed E-state index contributed by atoms with van der Waals surface area (Å²) in [7, 11) is 0. The number of hydrogen-bond acceptors (Lipinski definition) is 2. The molecule has 2 rings (SSSR count). The number of aryl methyl sites for hydroxylation is 2. The summed E-state index contributed by atoms with van der Waals surface area (Å²) < 4.78 is 0. The van der Waals surface area contributed by atoms with Crippen LogP contribution >= 0.6 is 0 Å². The van der Waals surface area contributed by atoms with Gasteiger partial charge in [-0.25, -0.2) is 0 Å². The molecule has 0 aromatic heterocycles. The zero-order valence-corrected chi connectivity index (χ0v) is 12.6. The molecule has 3 nitrogen and oxygen atoms in total. The van der Waals surface area contributed by atoms with Gasteiger partial charge >= 0.3 is 0 Å². The van der Waals surface area contributed by atoms with Gasteiger partial charge in [-0.05, 0) is 55.7 Å². The van der Waals surface area contributed by atoms with Crippen LogP contribution in [0.3, 0.4) is 0 Å². The van der Waals surface area contributed by atoms with Gasteiger partial charge in [0.05, 0.1) is 6.42 Å². The Morgan fingerprint density at radius 3 is 2.85 bits per heavy atom. The Kier molecular flexibility index (Phi) is 5.18. The summed E-state index contributed by atoms with van der Waals surface area (Å²) in [6.07, 6.45) is 3.50. The van der Waals surface area contributed by atoms with Crippen molar-refractivity contribution in [1.29, 1.82) is 0 Å². The standard InChI is InChI=1S/C17H25NO2/c1-13-5-6-16(10-14(13)2)11-17(20)18-8-3-4-15(12-18)7-9-19/h5-6,10,15,19H,3-4,7-9,11-12H2,1-2H3. The number of carbonyl (C=O) groups excluding carboxylic acids is 1. The molecule has 0 bridgehead atoms. The van der Waals surface area contributed by atoms with Crippen LogP contribution < -0.4 is 0 Å². The maximum atomic E-state index is 12.4. The fraction of sp³-hybridized carbons (Fsp3) is 0.588. The minimum atomic E-state index is 0.218. The predicted molar refractivity (Wildman–Crippen MR) is 80.6 cm³/mol. The number of piperidine rings is 1. The summed E-state index contributed by atoms with van der Waals surface area (Å²) in [4.78, 5) is 14.3. The molecule has 1 aliphatic rings. The summed E-state index contributed by atoms with van der Waals surface area (Å²) in [5.74, 6) is 0.688. The van der Waals surface area contributed by atoms with E-state index in [0.717, 1.165) is 37.9 Å². The number of amides is 1. The lowest BCUT2D eigenvalue weighted by atomic mass is 9.94. The van der Waals surface area contributed by atoms with Gasteiger partial charge in [-0.1, -0.05) is 18.2 Å². The molecule has 1 aromatic carbocycles. The molecule has 1 aromatic rings. The minimum Gasteiger partial charge on any atom is -0.396 e. The molecule has 1 aliphatic heterocycles. The predicted octanol–water partition coefficient (Wildman–Crippen LogP) is 2.47. The van der Waals surface area contributed by atoms with Gasteiger partial charge in [0.2, 0.25) is 5.91 Å². The Labute approximate surface area is 121 Å². The lowest BCUT2D eigenvalue weighted by molar-refractivity contribution is -0.132. The van der Waals surface area contributed by atoms with Crippen molar-refractivity contribution in [2.24, 2.45) is 5.92 Å². The highest BCUT2D eigenvalue weighted by atomic mass is 16.3. The summed E-state index contributed by atoms with van der Waals surface area (Å²) in [5, 5.41) is 9.03. The van der Waals surface area contributed by atoms with E-state index in [-0.39, 0.29) is 12.5 Å². The van der Waals surface area contributed by atoms with Gasteiger partial charge in [0.15, 0.2) is 0 Å². The van der Waals surface area contributed by atoms with Crippen molar-refractivity contribution in [2.75, 3.05) is 19.7 Å². The van der Waals surface area contributed by atoms with E-state index in [4.69, 9.17) is 5.11 Å². The molecule has 1 heterocycles. The zero-order valence-electron chi connectivity index (χ0n) is 12.6. The smallest absolute Gasteiger partial charge is 0.226 e. The fourth-order valence-electron chi connectivity index (χ4n) is 2.91. The summed E-state index contributed by atoms with van der Waals surface area (Å²) in [5.41, 5.74) is 3.61. The normalized spacial score (nSPS) is 19.1. The Morgan fingerprint density at radius 1 is 1.35 bits per heavy atom. The second-order valence-electron chi connectivity index (χ2n) is 5.96. The Bertz CT molecular complexity index is 468. The van der Waals surface area contributed by atoms with Crippen LogP contribution in [0.4, 0.5) is 0 Å². The first-order valence-corrected chi connectivity index (χ1v) is 7.55. The van der Waals surface area contributed by atoms with Crippen molar-refractivity contribution < 1.29 is 9.90 Å². The van der Waals surface area contributed by atoms with Crippen LogP contribution in [0.25, 0.3) is 0 Å². The molecule has 20 heavy (non-hydrogen) atoms. The third-order valence-corrected chi connectivity index (χ3v) is 4.34. The van der Waals surface area contributed by atoms with Crippen LogP contribution in [0.2, 0.25) is 0 Å². The molecule has 3 heteroatoms. The van der Waals surface area contributed by atoms with Gasteiger partial charge in [0.25, 0.3) is 0 Å². The number of nitrogens with zero attached hydrogens (tertiary/aromatic N) is 1. The van der Waals surface area contributed by atoms with Crippen molar-refractivity contribution in [1.82, 2.24) is 4.90 Å². The van der Waals surface area contributed by atoms with Crippen LogP contribution in [-0.2, 0) is 11.2 Å². The van der Waals surface area contributed by atoms with E-state index in [1.807, 2.05) is 4.90 Å². The third-order valence-electron chi connectivity index (χ3n) is 4.34. The molecule has 1 fully saturated rings. The first-order chi connectivity index (χ1) is 9.60.